The number of amides is 2. The summed E-state index contributed by atoms with van der Waals surface area (Å²) in [5.74, 6) is -0.310. The highest BCUT2D eigenvalue weighted by molar-refractivity contribution is 5.94. The molecule has 2 amide bonds. The van der Waals surface area contributed by atoms with E-state index in [-0.39, 0.29) is 5.91 Å². The zero-order valence-electron chi connectivity index (χ0n) is 14.2. The summed E-state index contributed by atoms with van der Waals surface area (Å²) in [6, 6.07) is 16.9. The van der Waals surface area contributed by atoms with Crippen molar-refractivity contribution in [2.75, 3.05) is 26.2 Å². The summed E-state index contributed by atoms with van der Waals surface area (Å²) >= 11 is 0. The first-order valence-electron chi connectivity index (χ1n) is 8.59. The van der Waals surface area contributed by atoms with Crippen LogP contribution in [0.1, 0.15) is 32.7 Å². The van der Waals surface area contributed by atoms with E-state index in [1.807, 2.05) is 53.4 Å². The van der Waals surface area contributed by atoms with Gasteiger partial charge in [-0.05, 0) is 36.2 Å². The van der Waals surface area contributed by atoms with Crippen LogP contribution in [-0.4, -0.2) is 47.8 Å². The van der Waals surface area contributed by atoms with Crippen molar-refractivity contribution < 1.29 is 9.59 Å². The van der Waals surface area contributed by atoms with E-state index in [9.17, 15) is 9.59 Å². The van der Waals surface area contributed by atoms with Crippen molar-refractivity contribution in [1.82, 2.24) is 9.80 Å². The number of hydrogen-bond donors (Lipinski definition) is 1. The molecular formula is C20H23N3O2. The van der Waals surface area contributed by atoms with Gasteiger partial charge in [-0.2, -0.15) is 0 Å². The Morgan fingerprint density at radius 2 is 1.64 bits per heavy atom. The minimum atomic E-state index is -0.405. The number of nitrogens with zero attached hydrogens (tertiary/aromatic N) is 2. The first kappa shape index (κ1) is 17.2. The Labute approximate surface area is 148 Å². The normalized spacial score (nSPS) is 15.6. The van der Waals surface area contributed by atoms with Crippen LogP contribution in [0.5, 0.6) is 0 Å². The van der Waals surface area contributed by atoms with Gasteiger partial charge in [0.1, 0.15) is 0 Å². The molecule has 1 aliphatic rings. The van der Waals surface area contributed by atoms with E-state index in [1.165, 1.54) is 0 Å². The van der Waals surface area contributed by atoms with Gasteiger partial charge < -0.3 is 10.6 Å². The van der Waals surface area contributed by atoms with Crippen molar-refractivity contribution in [3.63, 3.8) is 0 Å². The Balaban J connectivity index is 1.61. The molecule has 0 spiro atoms. The van der Waals surface area contributed by atoms with Crippen LogP contribution in [0.25, 0.3) is 0 Å². The molecule has 0 aliphatic carbocycles. The number of carbonyl (C=O) groups excluding carboxylic acids is 2. The van der Waals surface area contributed by atoms with Crippen LogP contribution in [0.15, 0.2) is 54.6 Å². The lowest BCUT2D eigenvalue weighted by Gasteiger charge is -2.22. The van der Waals surface area contributed by atoms with Gasteiger partial charge in [-0.3, -0.25) is 14.5 Å². The van der Waals surface area contributed by atoms with Gasteiger partial charge in [0.2, 0.25) is 5.91 Å². The summed E-state index contributed by atoms with van der Waals surface area (Å²) < 4.78 is 0. The van der Waals surface area contributed by atoms with Gasteiger partial charge in [0.05, 0.1) is 0 Å². The Morgan fingerprint density at radius 1 is 0.880 bits per heavy atom. The number of hydrogen-bond acceptors (Lipinski definition) is 3. The molecule has 2 aromatic rings. The molecule has 2 N–H and O–H groups in total. The molecule has 0 unspecified atom stereocenters. The van der Waals surface area contributed by atoms with E-state index in [0.29, 0.717) is 12.1 Å². The van der Waals surface area contributed by atoms with Gasteiger partial charge in [-0.1, -0.05) is 30.3 Å². The van der Waals surface area contributed by atoms with Gasteiger partial charge in [-0.25, -0.2) is 0 Å². The number of benzene rings is 2. The largest absolute Gasteiger partial charge is 0.366 e. The topological polar surface area (TPSA) is 66.6 Å². The standard InChI is InChI=1S/C20H23N3O2/c21-19(24)18-9-4-6-16(14-18)15-22-10-5-11-23(13-12-22)20(25)17-7-2-1-3-8-17/h1-4,6-9,14H,5,10-13,15H2,(H2,21,24). The number of nitrogens with two attached hydrogens (primary N) is 1. The molecule has 130 valence electrons. The molecule has 1 saturated heterocycles. The zero-order valence-corrected chi connectivity index (χ0v) is 14.2. The monoisotopic (exact) mass is 337 g/mol. The lowest BCUT2D eigenvalue weighted by Crippen LogP contribution is -2.35. The second kappa shape index (κ2) is 7.94. The fraction of sp³-hybridized carbons (Fsp3) is 0.300. The Hall–Kier alpha value is -2.66. The number of primary amides is 1. The fourth-order valence-corrected chi connectivity index (χ4v) is 3.18. The lowest BCUT2D eigenvalue weighted by atomic mass is 10.1. The van der Waals surface area contributed by atoms with Crippen LogP contribution in [-0.2, 0) is 6.54 Å². The molecule has 0 radical (unpaired) electrons. The summed E-state index contributed by atoms with van der Waals surface area (Å²) in [5.41, 5.74) is 7.70. The predicted octanol–water partition coefficient (Wildman–Crippen LogP) is 2.13. The SMILES string of the molecule is NC(=O)c1cccc(CN2CCCN(C(=O)c3ccccc3)CC2)c1. The number of carbonyl (C=O) groups is 2. The lowest BCUT2D eigenvalue weighted by molar-refractivity contribution is 0.0761. The van der Waals surface area contributed by atoms with Crippen LogP contribution in [0.4, 0.5) is 0 Å². The van der Waals surface area contributed by atoms with Crippen molar-refractivity contribution in [3.05, 3.63) is 71.3 Å². The third-order valence-corrected chi connectivity index (χ3v) is 4.51. The van der Waals surface area contributed by atoms with Crippen LogP contribution < -0.4 is 5.73 Å². The maximum absolute atomic E-state index is 12.6. The Bertz CT molecular complexity index is 746. The maximum Gasteiger partial charge on any atom is 0.253 e. The highest BCUT2D eigenvalue weighted by Gasteiger charge is 2.20. The van der Waals surface area contributed by atoms with E-state index in [4.69, 9.17) is 5.73 Å². The van der Waals surface area contributed by atoms with Crippen LogP contribution >= 0.6 is 0 Å². The Morgan fingerprint density at radius 3 is 2.40 bits per heavy atom. The number of rotatable bonds is 4. The highest BCUT2D eigenvalue weighted by atomic mass is 16.2. The van der Waals surface area contributed by atoms with Gasteiger partial charge in [0, 0.05) is 43.9 Å². The molecule has 1 heterocycles. The minimum absolute atomic E-state index is 0.0955. The predicted molar refractivity (Wildman–Crippen MR) is 97.2 cm³/mol. The van der Waals surface area contributed by atoms with E-state index in [1.54, 1.807) is 6.07 Å². The quantitative estimate of drug-likeness (QED) is 0.929. The van der Waals surface area contributed by atoms with Gasteiger partial charge in [0.15, 0.2) is 0 Å². The fourth-order valence-electron chi connectivity index (χ4n) is 3.18. The molecule has 0 saturated carbocycles. The second-order valence-electron chi connectivity index (χ2n) is 6.35. The van der Waals surface area contributed by atoms with Gasteiger partial charge in [0.25, 0.3) is 5.91 Å². The molecular weight excluding hydrogens is 314 g/mol. The molecule has 1 aliphatic heterocycles. The van der Waals surface area contributed by atoms with Crippen molar-refractivity contribution in [3.8, 4) is 0 Å². The molecule has 0 aromatic heterocycles. The van der Waals surface area contributed by atoms with Crippen LogP contribution in [0.2, 0.25) is 0 Å². The molecule has 5 heteroatoms. The Kier molecular flexibility index (Phi) is 5.46. The summed E-state index contributed by atoms with van der Waals surface area (Å²) in [4.78, 5) is 28.2. The van der Waals surface area contributed by atoms with E-state index < -0.39 is 5.91 Å². The highest BCUT2D eigenvalue weighted by Crippen LogP contribution is 2.13. The van der Waals surface area contributed by atoms with Gasteiger partial charge in [-0.15, -0.1) is 0 Å². The molecule has 3 rings (SSSR count). The summed E-state index contributed by atoms with van der Waals surface area (Å²) in [5, 5.41) is 0. The minimum Gasteiger partial charge on any atom is -0.366 e. The smallest absolute Gasteiger partial charge is 0.253 e. The first-order valence-corrected chi connectivity index (χ1v) is 8.59. The van der Waals surface area contributed by atoms with Crippen molar-refractivity contribution in [2.45, 2.75) is 13.0 Å². The molecule has 2 aromatic carbocycles. The molecule has 0 bridgehead atoms. The van der Waals surface area contributed by atoms with E-state index in [2.05, 4.69) is 4.90 Å². The van der Waals surface area contributed by atoms with Gasteiger partial charge >= 0.3 is 0 Å². The average Bonchev–Trinajstić information content (AvgIpc) is 2.87. The molecule has 25 heavy (non-hydrogen) atoms. The van der Waals surface area contributed by atoms with E-state index >= 15 is 0 Å². The third-order valence-electron chi connectivity index (χ3n) is 4.51. The molecule has 1 fully saturated rings. The van der Waals surface area contributed by atoms with Crippen molar-refractivity contribution in [1.29, 1.82) is 0 Å². The zero-order chi connectivity index (χ0) is 17.6. The van der Waals surface area contributed by atoms with Crippen molar-refractivity contribution in [2.24, 2.45) is 5.73 Å². The third kappa shape index (κ3) is 4.45. The van der Waals surface area contributed by atoms with E-state index in [0.717, 1.165) is 43.7 Å². The first-order chi connectivity index (χ1) is 12.1. The molecule has 5 nitrogen and oxygen atoms in total. The summed E-state index contributed by atoms with van der Waals surface area (Å²) in [6.45, 7) is 3.99. The average molecular weight is 337 g/mol. The summed E-state index contributed by atoms with van der Waals surface area (Å²) in [6.07, 6.45) is 0.939. The van der Waals surface area contributed by atoms with Crippen molar-refractivity contribution >= 4 is 11.8 Å². The maximum atomic E-state index is 12.6. The second-order valence-corrected chi connectivity index (χ2v) is 6.35. The molecule has 0 atom stereocenters. The van der Waals surface area contributed by atoms with Crippen LogP contribution in [0.3, 0.4) is 0 Å². The van der Waals surface area contributed by atoms with Crippen LogP contribution in [0, 0.1) is 0 Å². The summed E-state index contributed by atoms with van der Waals surface area (Å²) in [7, 11) is 0.